The second-order valence-corrected chi connectivity index (χ2v) is 10.0. The summed E-state index contributed by atoms with van der Waals surface area (Å²) in [6, 6.07) is 19.7. The Labute approximate surface area is 235 Å². The molecule has 0 saturated heterocycles. The first-order valence-electron chi connectivity index (χ1n) is 13.1. The van der Waals surface area contributed by atoms with Crippen LogP contribution in [0.25, 0.3) is 0 Å². The van der Waals surface area contributed by atoms with Crippen LogP contribution in [-0.2, 0) is 15.8 Å². The molecule has 3 aromatic rings. The molecule has 0 bridgehead atoms. The van der Waals surface area contributed by atoms with Gasteiger partial charge < -0.3 is 20.1 Å². The number of halogens is 3. The number of hydrogen-bond acceptors (Lipinski definition) is 5. The lowest BCUT2D eigenvalue weighted by atomic mass is 9.71. The number of rotatable bonds is 6. The summed E-state index contributed by atoms with van der Waals surface area (Å²) in [4.78, 5) is 27.8. The van der Waals surface area contributed by atoms with Crippen LogP contribution in [0.4, 0.5) is 18.9 Å². The minimum atomic E-state index is -4.67. The number of benzene rings is 3. The fourth-order valence-electron chi connectivity index (χ4n) is 5.78. The fourth-order valence-corrected chi connectivity index (χ4v) is 5.78. The van der Waals surface area contributed by atoms with Gasteiger partial charge in [0, 0.05) is 34.5 Å². The molecule has 9 heteroatoms. The molecular weight excluding hydrogens is 533 g/mol. The Morgan fingerprint density at radius 3 is 2.32 bits per heavy atom. The Morgan fingerprint density at radius 2 is 1.63 bits per heavy atom. The standard InChI is InChI=1S/C32H29F3N2O4/c1-18-27(31(39)37-23-14-8-7-13-22(23)32(33,34)35)28(21-12-9-15-26(40-2)30(21)41-3)29-24(36-18)16-20(17-25(29)38)19-10-5-4-6-11-19/h4-15,20,28,36H,16-17H2,1-3H3,(H,37,39)/t20-,28+/m0/s1. The molecular formula is C32H29F3N2O4. The molecule has 2 N–H and O–H groups in total. The summed E-state index contributed by atoms with van der Waals surface area (Å²) in [7, 11) is 2.94. The van der Waals surface area contributed by atoms with Gasteiger partial charge in [0.25, 0.3) is 5.91 Å². The molecule has 212 valence electrons. The van der Waals surface area contributed by atoms with Gasteiger partial charge in [-0.25, -0.2) is 0 Å². The Morgan fingerprint density at radius 1 is 0.927 bits per heavy atom. The van der Waals surface area contributed by atoms with Crippen LogP contribution in [0.3, 0.4) is 0 Å². The molecule has 1 aliphatic heterocycles. The van der Waals surface area contributed by atoms with Crippen LogP contribution in [0.15, 0.2) is 95.3 Å². The number of Topliss-reactive ketones (excluding diaryl/α,β-unsaturated/α-hetero) is 1. The molecule has 3 aromatic carbocycles. The predicted molar refractivity (Wildman–Crippen MR) is 149 cm³/mol. The highest BCUT2D eigenvalue weighted by Gasteiger charge is 2.43. The normalized spacial score (nSPS) is 18.9. The van der Waals surface area contributed by atoms with Crippen molar-refractivity contribution < 1.29 is 32.2 Å². The van der Waals surface area contributed by atoms with Gasteiger partial charge in [0.15, 0.2) is 17.3 Å². The molecule has 1 aliphatic carbocycles. The summed E-state index contributed by atoms with van der Waals surface area (Å²) in [6.07, 6.45) is -3.93. The molecule has 0 unspecified atom stereocenters. The minimum Gasteiger partial charge on any atom is -0.493 e. The Kier molecular flexibility index (Phi) is 7.62. The van der Waals surface area contributed by atoms with E-state index in [4.69, 9.17) is 9.47 Å². The largest absolute Gasteiger partial charge is 0.493 e. The average molecular weight is 563 g/mol. The number of dihydropyridines is 1. The topological polar surface area (TPSA) is 76.7 Å². The van der Waals surface area contributed by atoms with Crippen molar-refractivity contribution in [2.75, 3.05) is 19.5 Å². The van der Waals surface area contributed by atoms with E-state index in [0.717, 1.165) is 11.6 Å². The molecule has 0 radical (unpaired) electrons. The molecule has 2 atom stereocenters. The summed E-state index contributed by atoms with van der Waals surface area (Å²) in [5, 5.41) is 5.72. The van der Waals surface area contributed by atoms with Crippen LogP contribution in [0.5, 0.6) is 11.5 Å². The molecule has 2 aliphatic rings. The lowest BCUT2D eigenvalue weighted by Gasteiger charge is -2.37. The number of hydrogen-bond donors (Lipinski definition) is 2. The molecule has 0 fully saturated rings. The van der Waals surface area contributed by atoms with E-state index in [1.807, 2.05) is 30.3 Å². The molecule has 0 saturated carbocycles. The van der Waals surface area contributed by atoms with Crippen LogP contribution in [-0.4, -0.2) is 25.9 Å². The predicted octanol–water partition coefficient (Wildman–Crippen LogP) is 6.72. The number of nitrogens with one attached hydrogen (secondary N) is 2. The van der Waals surface area contributed by atoms with E-state index >= 15 is 0 Å². The maximum absolute atomic E-state index is 13.9. The fraction of sp³-hybridized carbons (Fsp3) is 0.250. The van der Waals surface area contributed by atoms with Crippen molar-refractivity contribution in [3.8, 4) is 11.5 Å². The van der Waals surface area contributed by atoms with Crippen molar-refractivity contribution in [2.45, 2.75) is 37.8 Å². The van der Waals surface area contributed by atoms with Crippen LogP contribution < -0.4 is 20.1 Å². The number of amides is 1. The third-order valence-electron chi connectivity index (χ3n) is 7.57. The minimum absolute atomic E-state index is 0.0651. The van der Waals surface area contributed by atoms with Gasteiger partial charge in [-0.15, -0.1) is 0 Å². The summed E-state index contributed by atoms with van der Waals surface area (Å²) >= 11 is 0. The monoisotopic (exact) mass is 562 g/mol. The van der Waals surface area contributed by atoms with Gasteiger partial charge in [0.1, 0.15) is 0 Å². The first kappa shape index (κ1) is 28.0. The molecule has 1 amide bonds. The highest BCUT2D eigenvalue weighted by atomic mass is 19.4. The molecule has 0 aromatic heterocycles. The van der Waals surface area contributed by atoms with Gasteiger partial charge in [-0.05, 0) is 43.0 Å². The third-order valence-corrected chi connectivity index (χ3v) is 7.57. The van der Waals surface area contributed by atoms with E-state index in [1.54, 1.807) is 25.1 Å². The van der Waals surface area contributed by atoms with E-state index in [-0.39, 0.29) is 29.4 Å². The second-order valence-electron chi connectivity index (χ2n) is 10.0. The summed E-state index contributed by atoms with van der Waals surface area (Å²) in [5.41, 5.74) is 1.81. The highest BCUT2D eigenvalue weighted by molar-refractivity contribution is 6.10. The molecule has 1 heterocycles. The number of carbonyl (C=O) groups is 2. The Bertz CT molecular complexity index is 1560. The number of anilines is 1. The number of alkyl halides is 3. The summed E-state index contributed by atoms with van der Waals surface area (Å²) < 4.78 is 52.4. The molecule has 5 rings (SSSR count). The van der Waals surface area contributed by atoms with Gasteiger partial charge in [-0.2, -0.15) is 13.2 Å². The van der Waals surface area contributed by atoms with E-state index in [1.165, 1.54) is 32.4 Å². The maximum Gasteiger partial charge on any atom is 0.418 e. The quantitative estimate of drug-likeness (QED) is 0.349. The van der Waals surface area contributed by atoms with E-state index in [2.05, 4.69) is 10.6 Å². The first-order valence-corrected chi connectivity index (χ1v) is 13.1. The highest BCUT2D eigenvalue weighted by Crippen LogP contribution is 2.49. The number of ether oxygens (including phenoxy) is 2. The smallest absolute Gasteiger partial charge is 0.418 e. The average Bonchev–Trinajstić information content (AvgIpc) is 2.95. The maximum atomic E-state index is 13.9. The molecule has 6 nitrogen and oxygen atoms in total. The van der Waals surface area contributed by atoms with Crippen molar-refractivity contribution in [1.82, 2.24) is 5.32 Å². The van der Waals surface area contributed by atoms with Crippen LogP contribution >= 0.6 is 0 Å². The Hall–Kier alpha value is -4.53. The van der Waals surface area contributed by atoms with Crippen LogP contribution in [0.1, 0.15) is 48.3 Å². The lowest BCUT2D eigenvalue weighted by molar-refractivity contribution is -0.137. The molecule has 41 heavy (non-hydrogen) atoms. The zero-order chi connectivity index (χ0) is 29.3. The molecule has 0 spiro atoms. The van der Waals surface area contributed by atoms with Gasteiger partial charge in [0.05, 0.1) is 31.4 Å². The van der Waals surface area contributed by atoms with E-state index in [9.17, 15) is 22.8 Å². The zero-order valence-corrected chi connectivity index (χ0v) is 22.8. The van der Waals surface area contributed by atoms with Crippen molar-refractivity contribution in [2.24, 2.45) is 0 Å². The lowest BCUT2D eigenvalue weighted by Crippen LogP contribution is -2.37. The first-order chi connectivity index (χ1) is 19.6. The van der Waals surface area contributed by atoms with Crippen LogP contribution in [0, 0.1) is 0 Å². The van der Waals surface area contributed by atoms with E-state index in [0.29, 0.717) is 40.5 Å². The van der Waals surface area contributed by atoms with Crippen molar-refractivity contribution in [3.05, 3.63) is 112 Å². The summed E-state index contributed by atoms with van der Waals surface area (Å²) in [6.45, 7) is 1.69. The van der Waals surface area contributed by atoms with Crippen molar-refractivity contribution in [1.29, 1.82) is 0 Å². The number of ketones is 1. The Balaban J connectivity index is 1.64. The van der Waals surface area contributed by atoms with Gasteiger partial charge in [-0.1, -0.05) is 54.6 Å². The van der Waals surface area contributed by atoms with Gasteiger partial charge in [0.2, 0.25) is 0 Å². The third kappa shape index (κ3) is 5.31. The zero-order valence-electron chi connectivity index (χ0n) is 22.8. The van der Waals surface area contributed by atoms with Crippen LogP contribution in [0.2, 0.25) is 0 Å². The second kappa shape index (κ2) is 11.2. The number of allylic oxidation sites excluding steroid dienone is 3. The number of methoxy groups -OCH3 is 2. The van der Waals surface area contributed by atoms with Crippen molar-refractivity contribution >= 4 is 17.4 Å². The summed E-state index contributed by atoms with van der Waals surface area (Å²) in [5.74, 6) is -1.15. The number of carbonyl (C=O) groups excluding carboxylic acids is 2. The van der Waals surface area contributed by atoms with Gasteiger partial charge >= 0.3 is 6.18 Å². The van der Waals surface area contributed by atoms with Gasteiger partial charge in [-0.3, -0.25) is 9.59 Å². The number of para-hydroxylation sites is 2. The van der Waals surface area contributed by atoms with Crippen molar-refractivity contribution in [3.63, 3.8) is 0 Å². The SMILES string of the molecule is COc1cccc([C@@H]2C(C(=O)Nc3ccccc3C(F)(F)F)=C(C)NC3=C2C(=O)C[C@@H](c2ccccc2)C3)c1OC. The van der Waals surface area contributed by atoms with E-state index < -0.39 is 23.6 Å².